The molecule has 0 heterocycles. The monoisotopic (exact) mass is 340 g/mol. The fourth-order valence-electron chi connectivity index (χ4n) is 1.97. The Morgan fingerprint density at radius 3 is 1.52 bits per heavy atom. The van der Waals surface area contributed by atoms with Gasteiger partial charge < -0.3 is 10.6 Å². The van der Waals surface area contributed by atoms with E-state index in [-0.39, 0.29) is 11.4 Å². The van der Waals surface area contributed by atoms with Gasteiger partial charge in [-0.2, -0.15) is 0 Å². The van der Waals surface area contributed by atoms with Gasteiger partial charge in [0.25, 0.3) is 0 Å². The summed E-state index contributed by atoms with van der Waals surface area (Å²) in [6.45, 7) is -9.23. The van der Waals surface area contributed by atoms with Gasteiger partial charge in [-0.25, -0.2) is 0 Å². The molecule has 124 valence electrons. The van der Waals surface area contributed by atoms with Crippen molar-refractivity contribution < 1.29 is 16.4 Å². The van der Waals surface area contributed by atoms with Crippen LogP contribution in [-0.2, 0) is 0 Å². The largest absolute Gasteiger partial charge is 0.380 e. The van der Waals surface area contributed by atoms with Gasteiger partial charge in [0.15, 0.2) is 0 Å². The van der Waals surface area contributed by atoms with Gasteiger partial charge in [-0.3, -0.25) is 0 Å². The molecule has 0 unspecified atom stereocenters. The van der Waals surface area contributed by atoms with Crippen molar-refractivity contribution >= 4 is 23.1 Å². The Labute approximate surface area is 161 Å². The lowest BCUT2D eigenvalue weighted by Gasteiger charge is -2.26. The molecule has 0 saturated heterocycles. The maximum absolute atomic E-state index is 7.82. The van der Waals surface area contributed by atoms with E-state index in [1.165, 1.54) is 0 Å². The molecule has 3 heteroatoms. The van der Waals surface area contributed by atoms with Crippen LogP contribution in [0, 0.1) is 0 Å². The zero-order valence-corrected chi connectivity index (χ0v) is 13.8. The minimum absolute atomic E-state index is 0.247. The van der Waals surface area contributed by atoms with Crippen molar-refractivity contribution in [2.75, 3.05) is 10.6 Å². The van der Waals surface area contributed by atoms with Gasteiger partial charge in [0.2, 0.25) is 0 Å². The van der Waals surface area contributed by atoms with E-state index in [1.807, 2.05) is 0 Å². The predicted molar refractivity (Wildman–Crippen MR) is 104 cm³/mol. The molecule has 2 aromatic rings. The first-order valence-electron chi connectivity index (χ1n) is 13.1. The fraction of sp³-hybridized carbons (Fsp3) is 0.400. The van der Waals surface area contributed by atoms with E-state index in [0.717, 1.165) is 25.6 Å². The van der Waals surface area contributed by atoms with Crippen molar-refractivity contribution in [1.82, 2.24) is 0 Å². The molecule has 0 atom stereocenters. The van der Waals surface area contributed by atoms with Crippen LogP contribution in [0.5, 0.6) is 0 Å². The van der Waals surface area contributed by atoms with Crippen LogP contribution in [0.4, 0.5) is 11.4 Å². The van der Waals surface area contributed by atoms with E-state index in [4.69, 9.17) is 16.4 Å². The Morgan fingerprint density at radius 2 is 1.13 bits per heavy atom. The van der Waals surface area contributed by atoms with Gasteiger partial charge in [-0.1, -0.05) is 36.0 Å². The summed E-state index contributed by atoms with van der Waals surface area (Å²) in [5.74, 6) is 0. The quantitative estimate of drug-likeness (QED) is 0.687. The summed E-state index contributed by atoms with van der Waals surface area (Å²) in [6.07, 6.45) is 0. The van der Waals surface area contributed by atoms with Crippen LogP contribution in [0.2, 0.25) is 0 Å². The van der Waals surface area contributed by atoms with E-state index in [2.05, 4.69) is 10.6 Å². The lowest BCUT2D eigenvalue weighted by Crippen LogP contribution is -2.26. The second kappa shape index (κ2) is 6.88. The van der Waals surface area contributed by atoms with Gasteiger partial charge >= 0.3 is 0 Å². The average Bonchev–Trinajstić information content (AvgIpc) is 2.67. The first kappa shape index (κ1) is 7.52. The van der Waals surface area contributed by atoms with E-state index in [0.29, 0.717) is 9.79 Å². The lowest BCUT2D eigenvalue weighted by molar-refractivity contribution is 0.632. The summed E-state index contributed by atoms with van der Waals surface area (Å²) < 4.78 is 93.8. The van der Waals surface area contributed by atoms with Crippen molar-refractivity contribution in [2.45, 2.75) is 62.1 Å². The number of nitrogens with one attached hydrogen (secondary N) is 2. The van der Waals surface area contributed by atoms with Crippen molar-refractivity contribution in [3.63, 3.8) is 0 Å². The van der Waals surface area contributed by atoms with Crippen LogP contribution >= 0.6 is 11.8 Å². The molecule has 0 amide bonds. The number of para-hydroxylation sites is 2. The Bertz CT molecular complexity index is 915. The molecule has 0 fully saturated rings. The van der Waals surface area contributed by atoms with Gasteiger partial charge in [0.05, 0.1) is 0 Å². The third kappa shape index (κ3) is 5.83. The van der Waals surface area contributed by atoms with Crippen molar-refractivity contribution in [2.24, 2.45) is 0 Å². The molecule has 2 N–H and O–H groups in total. The maximum Gasteiger partial charge on any atom is 0.0486 e. The van der Waals surface area contributed by atoms with Gasteiger partial charge in [-0.05, 0) is 65.5 Å². The molecule has 2 rings (SSSR count). The number of benzene rings is 2. The molecule has 0 spiro atoms. The SMILES string of the molecule is [2H]C([2H])([2H])C(C)(Nc1ccccc1Sc1ccccc1NC(C)(C([2H])([2H])[2H])C([2H])([2H])[2H])C([2H])([2H])[2H]. The Kier molecular flexibility index (Phi) is 2.25. The summed E-state index contributed by atoms with van der Waals surface area (Å²) in [5, 5.41) is 5.39. The molecular formula is C20H28N2S. The highest BCUT2D eigenvalue weighted by molar-refractivity contribution is 7.99. The number of hydrogen-bond acceptors (Lipinski definition) is 3. The zero-order valence-electron chi connectivity index (χ0n) is 25.0. The minimum atomic E-state index is -2.86. The van der Waals surface area contributed by atoms with Crippen LogP contribution in [0.15, 0.2) is 58.3 Å². The summed E-state index contributed by atoms with van der Waals surface area (Å²) in [5.41, 5.74) is -4.02. The van der Waals surface area contributed by atoms with Gasteiger partial charge in [0, 0.05) is 48.7 Å². The van der Waals surface area contributed by atoms with Crippen molar-refractivity contribution in [3.05, 3.63) is 48.5 Å². The highest BCUT2D eigenvalue weighted by Gasteiger charge is 2.15. The molecule has 2 nitrogen and oxygen atoms in total. The molecule has 23 heavy (non-hydrogen) atoms. The molecule has 0 aliphatic carbocycles. The first-order chi connectivity index (χ1) is 15.6. The normalized spacial score (nSPS) is 22.0. The Hall–Kier alpha value is -1.61. The summed E-state index contributed by atoms with van der Waals surface area (Å²) in [6, 6.07) is 13.0. The van der Waals surface area contributed by atoms with Crippen molar-refractivity contribution in [3.8, 4) is 0 Å². The van der Waals surface area contributed by atoms with E-state index in [9.17, 15) is 0 Å². The molecule has 2 aromatic carbocycles. The van der Waals surface area contributed by atoms with Crippen molar-refractivity contribution in [1.29, 1.82) is 0 Å². The highest BCUT2D eigenvalue weighted by atomic mass is 32.2. The molecule has 0 aliphatic heterocycles. The smallest absolute Gasteiger partial charge is 0.0486 e. The first-order valence-corrected chi connectivity index (χ1v) is 7.88. The second-order valence-electron chi connectivity index (χ2n) is 5.59. The van der Waals surface area contributed by atoms with E-state index < -0.39 is 38.5 Å². The standard InChI is InChI=1S/C20H28N2S/c1-19(2,3)21-15-11-7-9-13-17(15)23-18-14-10-8-12-16(18)22-20(4,5)6/h7-14,21-22H,1-6H3/i1D3,2D3,4D3,5D3. The highest BCUT2D eigenvalue weighted by Crippen LogP contribution is 2.38. The summed E-state index contributed by atoms with van der Waals surface area (Å²) in [7, 11) is 0. The lowest BCUT2D eigenvalue weighted by atomic mass is 10.1. The molecule has 0 aromatic heterocycles. The Morgan fingerprint density at radius 1 is 0.739 bits per heavy atom. The van der Waals surface area contributed by atoms with Gasteiger partial charge in [-0.15, -0.1) is 0 Å². The minimum Gasteiger partial charge on any atom is -0.380 e. The maximum atomic E-state index is 7.82. The fourth-order valence-corrected chi connectivity index (χ4v) is 2.96. The predicted octanol–water partition coefficient (Wildman–Crippen LogP) is 6.26. The molecule has 0 radical (unpaired) electrons. The van der Waals surface area contributed by atoms with E-state index >= 15 is 0 Å². The molecule has 0 saturated carbocycles. The molecule has 0 aliphatic rings. The van der Waals surface area contributed by atoms with Crippen LogP contribution in [0.25, 0.3) is 0 Å². The van der Waals surface area contributed by atoms with Crippen LogP contribution < -0.4 is 10.6 Å². The average molecular weight is 341 g/mol. The Balaban J connectivity index is 2.52. The van der Waals surface area contributed by atoms with Crippen LogP contribution in [0.1, 0.15) is 57.7 Å². The number of anilines is 2. The summed E-state index contributed by atoms with van der Waals surface area (Å²) in [4.78, 5) is 0.928. The third-order valence-electron chi connectivity index (χ3n) is 2.76. The number of rotatable bonds is 4. The van der Waals surface area contributed by atoms with E-state index in [1.54, 1.807) is 48.5 Å². The van der Waals surface area contributed by atoms with Gasteiger partial charge in [0.1, 0.15) is 0 Å². The summed E-state index contributed by atoms with van der Waals surface area (Å²) >= 11 is 1.11. The topological polar surface area (TPSA) is 24.1 Å². The van der Waals surface area contributed by atoms with Crippen LogP contribution in [0.3, 0.4) is 0 Å². The third-order valence-corrected chi connectivity index (χ3v) is 3.92. The zero-order chi connectivity index (χ0) is 27.1. The van der Waals surface area contributed by atoms with Crippen LogP contribution in [-0.4, -0.2) is 11.1 Å². The molecule has 0 bridgehead atoms. The number of hydrogen-bond donors (Lipinski definition) is 2. The molecular weight excluding hydrogens is 300 g/mol. The second-order valence-corrected chi connectivity index (χ2v) is 6.68.